The lowest BCUT2D eigenvalue weighted by atomic mass is 9.89. The number of nitrogens with zero attached hydrogens (tertiary/aromatic N) is 1. The summed E-state index contributed by atoms with van der Waals surface area (Å²) in [5.41, 5.74) is 0.103. The number of esters is 1. The van der Waals surface area contributed by atoms with Crippen molar-refractivity contribution in [2.75, 3.05) is 13.7 Å². The molecule has 1 saturated heterocycles. The molecule has 2 fully saturated rings. The first-order valence-corrected chi connectivity index (χ1v) is 11.8. The molecule has 0 unspecified atom stereocenters. The fraction of sp³-hybridized carbons (Fsp3) is 0.800. The van der Waals surface area contributed by atoms with Gasteiger partial charge in [-0.05, 0) is 55.8 Å². The van der Waals surface area contributed by atoms with Gasteiger partial charge in [-0.2, -0.15) is 0 Å². The summed E-state index contributed by atoms with van der Waals surface area (Å²) in [5, 5.41) is 0. The second-order valence-corrected chi connectivity index (χ2v) is 10.2. The Balaban J connectivity index is 1.79. The topological polar surface area (TPSA) is 63.7 Å². The number of carbonyl (C=O) groups is 3. The lowest BCUT2D eigenvalue weighted by Crippen LogP contribution is -2.48. The smallest absolute Gasteiger partial charge is 0.309 e. The summed E-state index contributed by atoms with van der Waals surface area (Å²) >= 11 is 0. The van der Waals surface area contributed by atoms with Gasteiger partial charge in [0.25, 0.3) is 0 Å². The van der Waals surface area contributed by atoms with Crippen LogP contribution in [0.25, 0.3) is 0 Å². The molecule has 1 saturated carbocycles. The molecule has 0 bridgehead atoms. The number of fused-ring (bicyclic) bond motifs is 3. The van der Waals surface area contributed by atoms with E-state index in [0.717, 1.165) is 44.9 Å². The summed E-state index contributed by atoms with van der Waals surface area (Å²) in [6, 6.07) is -0.371. The van der Waals surface area contributed by atoms with Gasteiger partial charge in [0.1, 0.15) is 0 Å². The molecule has 5 nitrogen and oxygen atoms in total. The highest BCUT2D eigenvalue weighted by atomic mass is 16.5. The number of amides is 1. The van der Waals surface area contributed by atoms with Crippen molar-refractivity contribution in [3.63, 3.8) is 0 Å². The van der Waals surface area contributed by atoms with Crippen molar-refractivity contribution in [2.24, 2.45) is 29.1 Å². The molecule has 0 N–H and O–H groups in total. The predicted octanol–water partition coefficient (Wildman–Crippen LogP) is 4.54. The van der Waals surface area contributed by atoms with Crippen LogP contribution in [0.15, 0.2) is 12.2 Å². The van der Waals surface area contributed by atoms with Gasteiger partial charge < -0.3 is 9.64 Å². The Bertz CT molecular complexity index is 683. The molecule has 0 spiro atoms. The van der Waals surface area contributed by atoms with E-state index in [4.69, 9.17) is 4.74 Å². The summed E-state index contributed by atoms with van der Waals surface area (Å²) < 4.78 is 5.00. The lowest BCUT2D eigenvalue weighted by molar-refractivity contribution is -0.149. The maximum Gasteiger partial charge on any atom is 0.309 e. The molecule has 0 aromatic carbocycles. The van der Waals surface area contributed by atoms with Crippen molar-refractivity contribution in [1.29, 1.82) is 0 Å². The highest BCUT2D eigenvalue weighted by Crippen LogP contribution is 2.65. The Kier molecular flexibility index (Phi) is 7.41. The molecular formula is C25H39NO4. The number of carbonyl (C=O) groups excluding carboxylic acids is 3. The first-order valence-electron chi connectivity index (χ1n) is 11.8. The number of ether oxygens (including phenoxy) is 1. The number of methoxy groups -OCH3 is 1. The molecule has 5 heteroatoms. The quantitative estimate of drug-likeness (QED) is 0.464. The van der Waals surface area contributed by atoms with E-state index in [2.05, 4.69) is 26.0 Å². The third-order valence-corrected chi connectivity index (χ3v) is 7.82. The van der Waals surface area contributed by atoms with Crippen molar-refractivity contribution < 1.29 is 19.1 Å². The molecule has 0 aromatic heterocycles. The van der Waals surface area contributed by atoms with Gasteiger partial charge in [0, 0.05) is 18.9 Å². The van der Waals surface area contributed by atoms with Gasteiger partial charge in [0.05, 0.1) is 19.1 Å². The van der Waals surface area contributed by atoms with Crippen molar-refractivity contribution in [2.45, 2.75) is 84.6 Å². The molecule has 168 valence electrons. The Labute approximate surface area is 181 Å². The third kappa shape index (κ3) is 4.81. The molecule has 5 atom stereocenters. The normalized spacial score (nSPS) is 36.4. The van der Waals surface area contributed by atoms with Crippen LogP contribution in [0.4, 0.5) is 0 Å². The number of hydrogen-bond acceptors (Lipinski definition) is 4. The summed E-state index contributed by atoms with van der Waals surface area (Å²) in [5.74, 6) is 0.0294. The summed E-state index contributed by atoms with van der Waals surface area (Å²) in [6.45, 7) is 7.09. The van der Waals surface area contributed by atoms with E-state index in [1.807, 2.05) is 11.8 Å². The largest absolute Gasteiger partial charge is 0.469 e. The molecule has 2 heterocycles. The Morgan fingerprint density at radius 3 is 2.33 bits per heavy atom. The number of piperidine rings is 1. The molecule has 3 aliphatic rings. The van der Waals surface area contributed by atoms with Gasteiger partial charge in [-0.25, -0.2) is 0 Å². The fourth-order valence-corrected chi connectivity index (χ4v) is 5.72. The summed E-state index contributed by atoms with van der Waals surface area (Å²) in [4.78, 5) is 40.9. The fourth-order valence-electron chi connectivity index (χ4n) is 5.72. The molecule has 2 aliphatic heterocycles. The van der Waals surface area contributed by atoms with Crippen LogP contribution in [0.5, 0.6) is 0 Å². The zero-order valence-electron chi connectivity index (χ0n) is 19.2. The number of Topliss-reactive ketones (excluding diaryl/α,β-unsaturated/α-hetero) is 1. The SMILES string of the molecule is COC(=O)[C@@H]1CCCC/C=C/CCCC[C@H](C)C(=O)N2C[C@H]3[C@@H]([C@H]2C(=O)C1)C3(C)C. The molecule has 1 aliphatic carbocycles. The average molecular weight is 418 g/mol. The number of hydrogen-bond donors (Lipinski definition) is 0. The van der Waals surface area contributed by atoms with Gasteiger partial charge in [0.15, 0.2) is 5.78 Å². The van der Waals surface area contributed by atoms with Crippen LogP contribution in [0.1, 0.15) is 78.6 Å². The van der Waals surface area contributed by atoms with Crippen molar-refractivity contribution in [3.05, 3.63) is 12.2 Å². The monoisotopic (exact) mass is 417 g/mol. The van der Waals surface area contributed by atoms with Gasteiger partial charge in [0.2, 0.25) is 5.91 Å². The highest BCUT2D eigenvalue weighted by molar-refractivity contribution is 5.93. The summed E-state index contributed by atoms with van der Waals surface area (Å²) in [6.07, 6.45) is 12.3. The van der Waals surface area contributed by atoms with E-state index in [1.54, 1.807) is 0 Å². The van der Waals surface area contributed by atoms with E-state index in [0.29, 0.717) is 18.9 Å². The zero-order chi connectivity index (χ0) is 21.9. The minimum Gasteiger partial charge on any atom is -0.469 e. The van der Waals surface area contributed by atoms with Gasteiger partial charge in [-0.15, -0.1) is 0 Å². The maximum atomic E-state index is 13.4. The minimum atomic E-state index is -0.405. The van der Waals surface area contributed by atoms with Crippen molar-refractivity contribution in [3.8, 4) is 0 Å². The van der Waals surface area contributed by atoms with Crippen LogP contribution >= 0.6 is 0 Å². The third-order valence-electron chi connectivity index (χ3n) is 7.82. The molecule has 1 amide bonds. The minimum absolute atomic E-state index is 0.0493. The van der Waals surface area contributed by atoms with Gasteiger partial charge >= 0.3 is 5.97 Å². The lowest BCUT2D eigenvalue weighted by Gasteiger charge is -2.32. The number of rotatable bonds is 1. The maximum absolute atomic E-state index is 13.4. The van der Waals surface area contributed by atoms with E-state index >= 15 is 0 Å². The summed E-state index contributed by atoms with van der Waals surface area (Å²) in [7, 11) is 1.39. The average Bonchev–Trinajstić information content (AvgIpc) is 3.06. The van der Waals surface area contributed by atoms with Crippen LogP contribution in [-0.2, 0) is 19.1 Å². The van der Waals surface area contributed by atoms with E-state index in [-0.39, 0.29) is 47.4 Å². The first kappa shape index (κ1) is 23.0. The second kappa shape index (κ2) is 9.65. The standard InChI is InChI=1S/C25H39NO4/c1-17-13-11-9-7-5-6-8-10-12-14-18(24(29)30-4)15-20(27)22-21-19(25(21,2)3)16-26(22)23(17)28/h5-6,17-19,21-22H,7-16H2,1-4H3/b6-5+/t17-,18+,19-,21-,22+/m0/s1. The van der Waals surface area contributed by atoms with Crippen LogP contribution in [0.2, 0.25) is 0 Å². The van der Waals surface area contributed by atoms with Gasteiger partial charge in [-0.3, -0.25) is 14.4 Å². The van der Waals surface area contributed by atoms with E-state index in [9.17, 15) is 14.4 Å². The molecule has 0 aromatic rings. The molecule has 0 radical (unpaired) electrons. The Hall–Kier alpha value is -1.65. The van der Waals surface area contributed by atoms with Crippen LogP contribution < -0.4 is 0 Å². The van der Waals surface area contributed by atoms with Crippen LogP contribution in [0.3, 0.4) is 0 Å². The van der Waals surface area contributed by atoms with Crippen molar-refractivity contribution >= 4 is 17.7 Å². The molecule has 30 heavy (non-hydrogen) atoms. The van der Waals surface area contributed by atoms with E-state index < -0.39 is 5.92 Å². The Morgan fingerprint density at radius 2 is 1.70 bits per heavy atom. The van der Waals surface area contributed by atoms with E-state index in [1.165, 1.54) is 7.11 Å². The Morgan fingerprint density at radius 1 is 1.07 bits per heavy atom. The van der Waals surface area contributed by atoms with Crippen LogP contribution in [0, 0.1) is 29.1 Å². The van der Waals surface area contributed by atoms with Crippen LogP contribution in [-0.4, -0.2) is 42.3 Å². The van der Waals surface area contributed by atoms with Crippen molar-refractivity contribution in [1.82, 2.24) is 4.90 Å². The number of allylic oxidation sites excluding steroid dienone is 2. The molecular weight excluding hydrogens is 378 g/mol. The number of ketones is 1. The second-order valence-electron chi connectivity index (χ2n) is 10.2. The molecule has 3 rings (SSSR count). The first-order chi connectivity index (χ1) is 14.3. The van der Waals surface area contributed by atoms with Gasteiger partial charge in [-0.1, -0.05) is 45.8 Å². The highest BCUT2D eigenvalue weighted by Gasteiger charge is 2.69. The zero-order valence-corrected chi connectivity index (χ0v) is 19.2. The predicted molar refractivity (Wildman–Crippen MR) is 117 cm³/mol.